The topological polar surface area (TPSA) is 59.4 Å². The van der Waals surface area contributed by atoms with Gasteiger partial charge >= 0.3 is 6.03 Å². The molecule has 0 bridgehead atoms. The van der Waals surface area contributed by atoms with Crippen molar-refractivity contribution >= 4 is 17.4 Å². The summed E-state index contributed by atoms with van der Waals surface area (Å²) in [7, 11) is 2.13. The van der Waals surface area contributed by atoms with Gasteiger partial charge in [0.25, 0.3) is 0 Å². The van der Waals surface area contributed by atoms with Gasteiger partial charge in [0.15, 0.2) is 0 Å². The minimum absolute atomic E-state index is 0.0784. The fraction of sp³-hybridized carbons (Fsp3) is 0.286. The summed E-state index contributed by atoms with van der Waals surface area (Å²) in [6.45, 7) is 4.27. The molecular formula is C28H27FN4O. The number of nitriles is 1. The van der Waals surface area contributed by atoms with Crippen molar-refractivity contribution in [3.05, 3.63) is 83.2 Å². The minimum atomic E-state index is -0.293. The highest BCUT2D eigenvalue weighted by atomic mass is 19.1. The first kappa shape index (κ1) is 22.1. The molecule has 2 aliphatic rings. The van der Waals surface area contributed by atoms with E-state index in [2.05, 4.69) is 41.5 Å². The molecule has 2 amide bonds. The van der Waals surface area contributed by atoms with Gasteiger partial charge < -0.3 is 10.2 Å². The lowest BCUT2D eigenvalue weighted by Gasteiger charge is -2.38. The number of nitrogens with one attached hydrogen (secondary N) is 1. The maximum absolute atomic E-state index is 13.7. The molecule has 0 aromatic heterocycles. The Kier molecular flexibility index (Phi) is 5.59. The summed E-state index contributed by atoms with van der Waals surface area (Å²) < 4.78 is 13.7. The van der Waals surface area contributed by atoms with Crippen LogP contribution in [0.1, 0.15) is 29.5 Å². The van der Waals surface area contributed by atoms with Gasteiger partial charge in [-0.1, -0.05) is 24.3 Å². The van der Waals surface area contributed by atoms with Crippen molar-refractivity contribution in [3.63, 3.8) is 0 Å². The number of amides is 2. The van der Waals surface area contributed by atoms with Gasteiger partial charge in [-0.25, -0.2) is 9.18 Å². The maximum Gasteiger partial charge on any atom is 0.326 e. The van der Waals surface area contributed by atoms with Crippen LogP contribution in [0.3, 0.4) is 0 Å². The van der Waals surface area contributed by atoms with Gasteiger partial charge in [0, 0.05) is 23.3 Å². The molecule has 172 valence electrons. The summed E-state index contributed by atoms with van der Waals surface area (Å²) in [6, 6.07) is 20.4. The molecule has 3 aromatic carbocycles. The van der Waals surface area contributed by atoms with Crippen molar-refractivity contribution < 1.29 is 9.18 Å². The van der Waals surface area contributed by atoms with Crippen molar-refractivity contribution in [2.45, 2.75) is 25.2 Å². The Morgan fingerprint density at radius 2 is 1.82 bits per heavy atom. The third kappa shape index (κ3) is 3.93. The molecule has 6 heteroatoms. The lowest BCUT2D eigenvalue weighted by molar-refractivity contribution is 0.196. The van der Waals surface area contributed by atoms with Crippen molar-refractivity contribution in [1.29, 1.82) is 5.26 Å². The number of urea groups is 1. The van der Waals surface area contributed by atoms with Crippen molar-refractivity contribution in [1.82, 2.24) is 4.90 Å². The minimum Gasteiger partial charge on any atom is -0.308 e. The second-order valence-electron chi connectivity index (χ2n) is 9.49. The van der Waals surface area contributed by atoms with Gasteiger partial charge in [0.2, 0.25) is 0 Å². The Morgan fingerprint density at radius 1 is 1.06 bits per heavy atom. The highest BCUT2D eigenvalue weighted by Gasteiger charge is 2.46. The van der Waals surface area contributed by atoms with Crippen molar-refractivity contribution in [2.24, 2.45) is 0 Å². The molecule has 1 fully saturated rings. The smallest absolute Gasteiger partial charge is 0.308 e. The summed E-state index contributed by atoms with van der Waals surface area (Å²) in [5, 5.41) is 12.3. The van der Waals surface area contributed by atoms with E-state index in [1.807, 2.05) is 23.1 Å². The molecule has 0 atom stereocenters. The second-order valence-corrected chi connectivity index (χ2v) is 9.49. The van der Waals surface area contributed by atoms with E-state index < -0.39 is 0 Å². The summed E-state index contributed by atoms with van der Waals surface area (Å²) in [4.78, 5) is 17.6. The zero-order valence-electron chi connectivity index (χ0n) is 19.4. The van der Waals surface area contributed by atoms with E-state index in [0.717, 1.165) is 42.7 Å². The molecule has 0 radical (unpaired) electrons. The number of fused-ring (bicyclic) bond motifs is 2. The highest BCUT2D eigenvalue weighted by molar-refractivity contribution is 6.04. The third-order valence-corrected chi connectivity index (χ3v) is 7.24. The quantitative estimate of drug-likeness (QED) is 0.541. The van der Waals surface area contributed by atoms with Gasteiger partial charge in [0.1, 0.15) is 5.82 Å². The van der Waals surface area contributed by atoms with Crippen LogP contribution in [0.2, 0.25) is 0 Å². The van der Waals surface area contributed by atoms with Crippen LogP contribution in [0.25, 0.3) is 11.1 Å². The first-order valence-electron chi connectivity index (χ1n) is 11.6. The number of likely N-dealkylation sites (tertiary alicyclic amines) is 1. The first-order chi connectivity index (χ1) is 16.4. The summed E-state index contributed by atoms with van der Waals surface area (Å²) >= 11 is 0. The normalized spacial score (nSPS) is 16.8. The summed E-state index contributed by atoms with van der Waals surface area (Å²) in [6.07, 6.45) is 1.97. The first-order valence-corrected chi connectivity index (χ1v) is 11.6. The largest absolute Gasteiger partial charge is 0.326 e. The molecule has 5 rings (SSSR count). The van der Waals surface area contributed by atoms with E-state index in [9.17, 15) is 14.4 Å². The van der Waals surface area contributed by atoms with Crippen LogP contribution in [0.4, 0.5) is 20.6 Å². The molecule has 0 saturated carbocycles. The van der Waals surface area contributed by atoms with Gasteiger partial charge in [-0.3, -0.25) is 4.90 Å². The van der Waals surface area contributed by atoms with Crippen LogP contribution in [0.5, 0.6) is 0 Å². The number of aryl methyl sites for hydroxylation is 1. The Morgan fingerprint density at radius 3 is 2.56 bits per heavy atom. The van der Waals surface area contributed by atoms with Crippen LogP contribution in [0, 0.1) is 24.1 Å². The number of hydrogen-bond donors (Lipinski definition) is 1. The number of nitrogens with zero attached hydrogens (tertiary/aromatic N) is 3. The molecule has 5 nitrogen and oxygen atoms in total. The van der Waals surface area contributed by atoms with Crippen LogP contribution >= 0.6 is 0 Å². The van der Waals surface area contributed by atoms with E-state index in [1.165, 1.54) is 11.6 Å². The van der Waals surface area contributed by atoms with Crippen molar-refractivity contribution in [2.75, 3.05) is 36.9 Å². The van der Waals surface area contributed by atoms with Gasteiger partial charge in [-0.05, 0) is 98.6 Å². The van der Waals surface area contributed by atoms with E-state index in [-0.39, 0.29) is 17.3 Å². The fourth-order valence-corrected chi connectivity index (χ4v) is 5.19. The van der Waals surface area contributed by atoms with E-state index in [4.69, 9.17) is 0 Å². The van der Waals surface area contributed by atoms with Crippen LogP contribution in [-0.2, 0) is 5.41 Å². The molecule has 1 spiro atoms. The maximum atomic E-state index is 13.7. The van der Waals surface area contributed by atoms with Gasteiger partial charge in [-0.15, -0.1) is 0 Å². The lowest BCUT2D eigenvalue weighted by Crippen LogP contribution is -2.45. The molecule has 1 N–H and O–H groups in total. The molecule has 1 saturated heterocycles. The van der Waals surface area contributed by atoms with Gasteiger partial charge in [-0.2, -0.15) is 5.26 Å². The molecule has 2 heterocycles. The number of benzene rings is 3. The Balaban J connectivity index is 1.53. The van der Waals surface area contributed by atoms with Gasteiger partial charge in [0.05, 0.1) is 11.6 Å². The van der Waals surface area contributed by atoms with Crippen LogP contribution in [0.15, 0.2) is 60.7 Å². The van der Waals surface area contributed by atoms with Crippen molar-refractivity contribution in [3.8, 4) is 17.2 Å². The molecular weight excluding hydrogens is 427 g/mol. The van der Waals surface area contributed by atoms with Crippen LogP contribution in [-0.4, -0.2) is 37.6 Å². The molecule has 3 aromatic rings. The molecule has 0 unspecified atom stereocenters. The number of hydrogen-bond acceptors (Lipinski definition) is 3. The molecule has 2 aliphatic heterocycles. The molecule has 34 heavy (non-hydrogen) atoms. The SMILES string of the molecule is Cc1cc(NC(=O)N2CC3(CCN(C)CC3)c3ccc(-c4cccc(C#N)c4)cc32)ccc1F. The predicted octanol–water partition coefficient (Wildman–Crippen LogP) is 5.69. The zero-order valence-corrected chi connectivity index (χ0v) is 19.4. The average Bonchev–Trinajstić information content (AvgIpc) is 3.17. The average molecular weight is 455 g/mol. The Labute approximate surface area is 199 Å². The number of piperidine rings is 1. The monoisotopic (exact) mass is 454 g/mol. The second kappa shape index (κ2) is 8.58. The lowest BCUT2D eigenvalue weighted by atomic mass is 9.74. The highest BCUT2D eigenvalue weighted by Crippen LogP contribution is 2.48. The summed E-state index contributed by atoms with van der Waals surface area (Å²) in [5.74, 6) is -0.293. The van der Waals surface area contributed by atoms with Crippen LogP contribution < -0.4 is 10.2 Å². The number of rotatable bonds is 2. The van der Waals surface area contributed by atoms with E-state index in [0.29, 0.717) is 23.4 Å². The number of anilines is 2. The fourth-order valence-electron chi connectivity index (χ4n) is 5.19. The number of carbonyl (C=O) groups excluding carboxylic acids is 1. The zero-order chi connectivity index (χ0) is 23.9. The standard InChI is InChI=1S/C28H27FN4O/c1-19-14-23(7-9-25(19)29)31-27(34)33-18-28(10-12-32(2)13-11-28)24-8-6-22(16-26(24)33)21-5-3-4-20(15-21)17-30/h3-9,14-16H,10-13,18H2,1-2H3,(H,31,34). The number of halogens is 1. The Hall–Kier alpha value is -3.69. The van der Waals surface area contributed by atoms with E-state index in [1.54, 1.807) is 25.1 Å². The third-order valence-electron chi connectivity index (χ3n) is 7.24. The summed E-state index contributed by atoms with van der Waals surface area (Å²) in [5.41, 5.74) is 5.61. The number of carbonyl (C=O) groups is 1. The van der Waals surface area contributed by atoms with E-state index >= 15 is 0 Å². The molecule has 0 aliphatic carbocycles. The predicted molar refractivity (Wildman–Crippen MR) is 133 cm³/mol. The Bertz CT molecular complexity index is 1300.